The van der Waals surface area contributed by atoms with Crippen molar-refractivity contribution in [3.8, 4) is 0 Å². The largest absolute Gasteiger partial charge is 0.313 e. The van der Waals surface area contributed by atoms with Gasteiger partial charge in [0, 0.05) is 54.2 Å². The lowest BCUT2D eigenvalue weighted by molar-refractivity contribution is 0.155. The van der Waals surface area contributed by atoms with E-state index < -0.39 is 15.4 Å². The third kappa shape index (κ3) is 6.42. The Morgan fingerprint density at radius 1 is 0.872 bits per heavy atom. The molecule has 2 aliphatic heterocycles. The first kappa shape index (κ1) is 31.3. The third-order valence-electron chi connectivity index (χ3n) is 8.52. The first-order chi connectivity index (χ1) is 18.4. The number of allylic oxidation sites excluding steroid dienone is 2. The van der Waals surface area contributed by atoms with Gasteiger partial charge in [0.15, 0.2) is 0 Å². The van der Waals surface area contributed by atoms with Crippen molar-refractivity contribution in [1.29, 1.82) is 0 Å². The van der Waals surface area contributed by atoms with Gasteiger partial charge in [-0.15, -0.1) is 14.0 Å². The minimum atomic E-state index is -2.20. The van der Waals surface area contributed by atoms with E-state index in [0.717, 1.165) is 19.5 Å². The maximum Gasteiger partial charge on any atom is 0.313 e. The van der Waals surface area contributed by atoms with E-state index in [0.29, 0.717) is 5.92 Å². The Morgan fingerprint density at radius 2 is 1.49 bits per heavy atom. The van der Waals surface area contributed by atoms with Crippen LogP contribution in [-0.2, 0) is 0 Å². The molecule has 3 atom stereocenters. The Balaban J connectivity index is 1.80. The fraction of sp³-hybridized carbons (Fsp3) is 0.733. The van der Waals surface area contributed by atoms with Gasteiger partial charge >= 0.3 is 7.87 Å². The number of benzene rings is 1. The van der Waals surface area contributed by atoms with Gasteiger partial charge in [-0.1, -0.05) is 67.0 Å². The Labute approximate surface area is 240 Å². The quantitative estimate of drug-likeness (QED) is 0.292. The van der Waals surface area contributed by atoms with Gasteiger partial charge in [-0.05, 0) is 64.6 Å². The molecule has 220 valence electrons. The predicted molar refractivity (Wildman–Crippen MR) is 172 cm³/mol. The molecule has 0 saturated carbocycles. The van der Waals surface area contributed by atoms with Crippen molar-refractivity contribution in [2.45, 2.75) is 89.8 Å². The molecule has 3 aliphatic rings. The van der Waals surface area contributed by atoms with Crippen LogP contribution in [0.2, 0.25) is 0 Å². The Kier molecular flexibility index (Phi) is 10.2. The van der Waals surface area contributed by atoms with Gasteiger partial charge in [-0.3, -0.25) is 4.74 Å². The maximum absolute atomic E-state index is 5.69. The van der Waals surface area contributed by atoms with Gasteiger partial charge < -0.3 is 0 Å². The van der Waals surface area contributed by atoms with Gasteiger partial charge in [-0.2, -0.15) is 0 Å². The minimum absolute atomic E-state index is 0.147. The molecule has 2 heterocycles. The summed E-state index contributed by atoms with van der Waals surface area (Å²) < 4.78 is 18.5. The minimum Gasteiger partial charge on any atom is -0.252 e. The van der Waals surface area contributed by atoms with Gasteiger partial charge in [0.25, 0.3) is 0 Å². The highest BCUT2D eigenvalue weighted by Crippen LogP contribution is 2.78. The van der Waals surface area contributed by atoms with Crippen LogP contribution in [0.1, 0.15) is 95.3 Å². The number of hydrogen-bond donors (Lipinski definition) is 1. The molecule has 1 N–H and O–H groups in total. The molecule has 2 saturated heterocycles. The number of hydrogen-bond acceptors (Lipinski definition) is 4. The summed E-state index contributed by atoms with van der Waals surface area (Å²) in [5, 5.41) is 0. The van der Waals surface area contributed by atoms with Crippen molar-refractivity contribution < 1.29 is 0 Å². The fourth-order valence-corrected chi connectivity index (χ4v) is 16.8. The SMILES string of the molecule is CN1CCCN2C(c3ccc(C4/C=C\CCCCCCC4)cc3)N(C)[P+](N(C)C)(N(C)C)NP12=NC(C)(C)C. The fourth-order valence-electron chi connectivity index (χ4n) is 6.71. The van der Waals surface area contributed by atoms with E-state index in [2.05, 4.69) is 128 Å². The lowest BCUT2D eigenvalue weighted by atomic mass is 9.90. The summed E-state index contributed by atoms with van der Waals surface area (Å²) in [6, 6.07) is 9.70. The van der Waals surface area contributed by atoms with Gasteiger partial charge in [0.1, 0.15) is 6.17 Å². The second-order valence-corrected chi connectivity index (χ2v) is 19.8. The van der Waals surface area contributed by atoms with E-state index in [4.69, 9.17) is 4.74 Å². The van der Waals surface area contributed by atoms with Crippen LogP contribution < -0.4 is 4.86 Å². The first-order valence-corrected chi connectivity index (χ1v) is 18.4. The number of rotatable bonds is 4. The van der Waals surface area contributed by atoms with Crippen LogP contribution in [-0.4, -0.2) is 84.3 Å². The molecule has 2 fully saturated rings. The average Bonchev–Trinajstić information content (AvgIpc) is 2.87. The molecule has 1 aliphatic carbocycles. The molecule has 0 amide bonds. The summed E-state index contributed by atoms with van der Waals surface area (Å²) in [7, 11) is 9.27. The average molecular weight is 577 g/mol. The normalized spacial score (nSPS) is 30.7. The topological polar surface area (TPSA) is 40.6 Å². The highest BCUT2D eigenvalue weighted by atomic mass is 31.3. The maximum atomic E-state index is 5.69. The molecular weight excluding hydrogens is 520 g/mol. The predicted octanol–water partition coefficient (Wildman–Crippen LogP) is 7.79. The molecular formula is C30H56N7P2+. The molecule has 1 aromatic carbocycles. The standard InChI is InChI=1S/C30H56N7P2/c1-30(2,3)31-38-32-39(33(4)5,34(6)7)36(9)29(37(38)25-17-24-35(38)8)28-22-20-27(21-23-28)26-18-15-13-11-10-12-14-16-19-26/h15,18,20-23,26,29,32H,10-14,16-17,19,24-25H2,1-9H3/q+1/b18-15-. The van der Waals surface area contributed by atoms with Crippen molar-refractivity contribution in [1.82, 2.24) is 28.2 Å². The van der Waals surface area contributed by atoms with Crippen LogP contribution in [0.15, 0.2) is 41.2 Å². The van der Waals surface area contributed by atoms with Crippen molar-refractivity contribution in [3.63, 3.8) is 0 Å². The lowest BCUT2D eigenvalue weighted by Crippen LogP contribution is -2.59. The zero-order valence-electron chi connectivity index (χ0n) is 26.3. The smallest absolute Gasteiger partial charge is 0.252 e. The zero-order valence-corrected chi connectivity index (χ0v) is 28.1. The molecule has 0 aromatic heterocycles. The van der Waals surface area contributed by atoms with E-state index in [1.165, 1.54) is 56.1 Å². The lowest BCUT2D eigenvalue weighted by Gasteiger charge is -2.59. The highest BCUT2D eigenvalue weighted by molar-refractivity contribution is 7.79. The van der Waals surface area contributed by atoms with Crippen molar-refractivity contribution in [2.24, 2.45) is 4.74 Å². The summed E-state index contributed by atoms with van der Waals surface area (Å²) in [5.74, 6) is 0.529. The summed E-state index contributed by atoms with van der Waals surface area (Å²) in [5.41, 5.74) is 2.69. The van der Waals surface area contributed by atoms with Crippen LogP contribution in [0.3, 0.4) is 0 Å². The molecule has 0 spiro atoms. The van der Waals surface area contributed by atoms with Crippen LogP contribution >= 0.6 is 15.4 Å². The van der Waals surface area contributed by atoms with Crippen LogP contribution in [0, 0.1) is 0 Å². The Hall–Kier alpha value is -0.620. The van der Waals surface area contributed by atoms with Gasteiger partial charge in [0.2, 0.25) is 7.51 Å². The second kappa shape index (κ2) is 12.7. The number of nitrogens with zero attached hydrogens (tertiary/aromatic N) is 6. The molecule has 9 heteroatoms. The van der Waals surface area contributed by atoms with E-state index >= 15 is 0 Å². The summed E-state index contributed by atoms with van der Waals surface area (Å²) in [6.07, 6.45) is 15.5. The molecule has 0 radical (unpaired) electrons. The Morgan fingerprint density at radius 3 is 2.13 bits per heavy atom. The van der Waals surface area contributed by atoms with Gasteiger partial charge in [0.05, 0.1) is 5.54 Å². The van der Waals surface area contributed by atoms with E-state index in [9.17, 15) is 0 Å². The molecule has 1 aromatic rings. The molecule has 3 unspecified atom stereocenters. The Bertz CT molecular complexity index is 1020. The molecule has 0 bridgehead atoms. The highest BCUT2D eigenvalue weighted by Gasteiger charge is 2.65. The molecule has 7 nitrogen and oxygen atoms in total. The summed E-state index contributed by atoms with van der Waals surface area (Å²) in [4.78, 5) is 4.30. The van der Waals surface area contributed by atoms with Crippen LogP contribution in [0.4, 0.5) is 0 Å². The molecule has 39 heavy (non-hydrogen) atoms. The summed E-state index contributed by atoms with van der Waals surface area (Å²) in [6.45, 7) is 8.88. The van der Waals surface area contributed by atoms with Crippen LogP contribution in [0.25, 0.3) is 0 Å². The van der Waals surface area contributed by atoms with Crippen LogP contribution in [0.5, 0.6) is 0 Å². The van der Waals surface area contributed by atoms with E-state index in [-0.39, 0.29) is 11.7 Å². The number of fused-ring (bicyclic) bond motifs is 1. The van der Waals surface area contributed by atoms with E-state index in [1.807, 2.05) is 0 Å². The molecule has 4 rings (SSSR count). The van der Waals surface area contributed by atoms with Crippen molar-refractivity contribution in [2.75, 3.05) is 55.4 Å². The summed E-state index contributed by atoms with van der Waals surface area (Å²) >= 11 is 0. The number of nitrogens with one attached hydrogen (secondary N) is 1. The van der Waals surface area contributed by atoms with Crippen molar-refractivity contribution in [3.05, 3.63) is 47.5 Å². The van der Waals surface area contributed by atoms with Gasteiger partial charge in [-0.25, -0.2) is 9.34 Å². The zero-order chi connectivity index (χ0) is 28.4. The third-order valence-corrected chi connectivity index (χ3v) is 17.2. The monoisotopic (exact) mass is 576 g/mol. The van der Waals surface area contributed by atoms with Crippen molar-refractivity contribution >= 4 is 15.4 Å². The second-order valence-electron chi connectivity index (χ2n) is 13.1. The first-order valence-electron chi connectivity index (χ1n) is 15.1. The van der Waals surface area contributed by atoms with E-state index in [1.54, 1.807) is 0 Å².